The van der Waals surface area contributed by atoms with Crippen LogP contribution in [0.15, 0.2) is 0 Å². The van der Waals surface area contributed by atoms with Crippen LogP contribution in [0, 0.1) is 0 Å². The molecule has 0 spiro atoms. The molecule has 0 aromatic heterocycles. The fraction of sp³-hybridized carbons (Fsp3) is 1.00. The maximum absolute atomic E-state index is 10.8. The Balaban J connectivity index is 2.01. The summed E-state index contributed by atoms with van der Waals surface area (Å²) in [6.07, 6.45) is 3.80. The third kappa shape index (κ3) is 5.54. The summed E-state index contributed by atoms with van der Waals surface area (Å²) < 4.78 is 21.6. The molecule has 5 heteroatoms. The molecule has 13 heavy (non-hydrogen) atoms. The summed E-state index contributed by atoms with van der Waals surface area (Å²) >= 11 is 1.74. The van der Waals surface area contributed by atoms with Crippen molar-refractivity contribution in [1.29, 1.82) is 0 Å². The van der Waals surface area contributed by atoms with Crippen molar-refractivity contribution in [2.75, 3.05) is 30.1 Å². The molecule has 0 bridgehead atoms. The maximum atomic E-state index is 10.8. The Hall–Kier alpha value is 0.260. The first kappa shape index (κ1) is 11.3. The van der Waals surface area contributed by atoms with Crippen molar-refractivity contribution < 1.29 is 8.42 Å². The Labute approximate surface area is 84.6 Å². The fourth-order valence-electron chi connectivity index (χ4n) is 1.33. The first-order chi connectivity index (χ1) is 6.08. The molecule has 0 aliphatic carbocycles. The Morgan fingerprint density at radius 2 is 2.31 bits per heavy atom. The highest BCUT2D eigenvalue weighted by molar-refractivity contribution is 8.00. The van der Waals surface area contributed by atoms with Crippen molar-refractivity contribution in [3.63, 3.8) is 0 Å². The molecule has 1 aliphatic heterocycles. The number of hydrogen-bond acceptors (Lipinski definition) is 4. The van der Waals surface area contributed by atoms with Crippen LogP contribution in [0.4, 0.5) is 0 Å². The molecular weight excluding hydrogens is 206 g/mol. The minimum Gasteiger partial charge on any atom is -0.313 e. The highest BCUT2D eigenvalue weighted by Crippen LogP contribution is 2.11. The second-order valence-corrected chi connectivity index (χ2v) is 6.91. The highest BCUT2D eigenvalue weighted by atomic mass is 32.2. The predicted octanol–water partition coefficient (Wildman–Crippen LogP) is 0.516. The van der Waals surface area contributed by atoms with Crippen LogP contribution in [0.5, 0.6) is 0 Å². The number of rotatable bonds is 5. The molecule has 0 aromatic carbocycles. The van der Waals surface area contributed by atoms with E-state index in [1.807, 2.05) is 0 Å². The molecule has 1 heterocycles. The summed E-state index contributed by atoms with van der Waals surface area (Å²) in [5, 5.41) is 3.38. The van der Waals surface area contributed by atoms with E-state index in [9.17, 15) is 8.42 Å². The highest BCUT2D eigenvalue weighted by Gasteiger charge is 2.13. The van der Waals surface area contributed by atoms with Crippen LogP contribution in [0.2, 0.25) is 0 Å². The lowest BCUT2D eigenvalue weighted by Gasteiger charge is -2.08. The number of thioether (sulfide) groups is 1. The smallest absolute Gasteiger partial charge is 0.148 e. The average molecular weight is 223 g/mol. The Morgan fingerprint density at radius 3 is 2.85 bits per heavy atom. The van der Waals surface area contributed by atoms with Gasteiger partial charge in [-0.1, -0.05) is 0 Å². The molecule has 0 aromatic rings. The third-order valence-electron chi connectivity index (χ3n) is 2.08. The molecule has 0 amide bonds. The lowest BCUT2D eigenvalue weighted by Crippen LogP contribution is -2.24. The zero-order valence-electron chi connectivity index (χ0n) is 7.95. The van der Waals surface area contributed by atoms with E-state index in [0.29, 0.717) is 11.8 Å². The molecule has 1 atom stereocenters. The molecule has 1 saturated heterocycles. The molecular formula is C8H17NO2S2. The minimum atomic E-state index is -2.76. The molecule has 0 saturated carbocycles. The van der Waals surface area contributed by atoms with E-state index in [2.05, 4.69) is 5.32 Å². The van der Waals surface area contributed by atoms with E-state index in [-0.39, 0.29) is 0 Å². The van der Waals surface area contributed by atoms with Crippen molar-refractivity contribution in [3.8, 4) is 0 Å². The van der Waals surface area contributed by atoms with Gasteiger partial charge in [-0.05, 0) is 19.4 Å². The van der Waals surface area contributed by atoms with E-state index in [0.717, 1.165) is 18.1 Å². The van der Waals surface area contributed by atoms with Gasteiger partial charge in [0.15, 0.2) is 0 Å². The van der Waals surface area contributed by atoms with Crippen LogP contribution in [-0.4, -0.2) is 44.5 Å². The van der Waals surface area contributed by atoms with E-state index < -0.39 is 9.84 Å². The number of nitrogens with one attached hydrogen (secondary N) is 1. The van der Waals surface area contributed by atoms with E-state index in [1.165, 1.54) is 19.1 Å². The van der Waals surface area contributed by atoms with Gasteiger partial charge in [0.1, 0.15) is 9.84 Å². The molecule has 0 unspecified atom stereocenters. The van der Waals surface area contributed by atoms with Gasteiger partial charge in [-0.3, -0.25) is 0 Å². The summed E-state index contributed by atoms with van der Waals surface area (Å²) in [6.45, 7) is 1.12. The van der Waals surface area contributed by atoms with Gasteiger partial charge >= 0.3 is 0 Å². The van der Waals surface area contributed by atoms with Gasteiger partial charge < -0.3 is 5.32 Å². The van der Waals surface area contributed by atoms with Gasteiger partial charge in [0.2, 0.25) is 0 Å². The summed E-state index contributed by atoms with van der Waals surface area (Å²) in [6, 6.07) is 0.615. The molecule has 1 aliphatic rings. The second-order valence-electron chi connectivity index (χ2n) is 3.50. The maximum Gasteiger partial charge on any atom is 0.148 e. The van der Waals surface area contributed by atoms with Crippen LogP contribution in [0.3, 0.4) is 0 Å². The van der Waals surface area contributed by atoms with Gasteiger partial charge in [0.05, 0.1) is 5.75 Å². The lowest BCUT2D eigenvalue weighted by molar-refractivity contribution is 0.603. The molecule has 0 radical (unpaired) electrons. The molecule has 1 fully saturated rings. The van der Waals surface area contributed by atoms with Crippen molar-refractivity contribution in [2.45, 2.75) is 18.9 Å². The zero-order valence-corrected chi connectivity index (χ0v) is 9.59. The summed E-state index contributed by atoms with van der Waals surface area (Å²) in [7, 11) is -2.76. The summed E-state index contributed by atoms with van der Waals surface area (Å²) in [4.78, 5) is 0. The quantitative estimate of drug-likeness (QED) is 0.690. The molecule has 1 N–H and O–H groups in total. The van der Waals surface area contributed by atoms with Crippen molar-refractivity contribution in [3.05, 3.63) is 0 Å². The lowest BCUT2D eigenvalue weighted by atomic mass is 10.3. The molecule has 1 rings (SSSR count). The molecule has 3 nitrogen and oxygen atoms in total. The average Bonchev–Trinajstić information content (AvgIpc) is 2.48. The van der Waals surface area contributed by atoms with Crippen LogP contribution in [-0.2, 0) is 9.84 Å². The van der Waals surface area contributed by atoms with Crippen LogP contribution >= 0.6 is 11.8 Å². The Morgan fingerprint density at radius 1 is 1.54 bits per heavy atom. The monoisotopic (exact) mass is 223 g/mol. The predicted molar refractivity (Wildman–Crippen MR) is 58.1 cm³/mol. The minimum absolute atomic E-state index is 0.310. The Kier molecular flexibility index (Phi) is 4.55. The normalized spacial score (nSPS) is 23.6. The SMILES string of the molecule is CS(=O)(=O)CCSC[C@@H]1CCCN1. The van der Waals surface area contributed by atoms with Crippen LogP contribution in [0.25, 0.3) is 0 Å². The standard InChI is InChI=1S/C8H17NO2S2/c1-13(10,11)6-5-12-7-8-3-2-4-9-8/h8-9H,2-7H2,1H3/t8-/m0/s1. The van der Waals surface area contributed by atoms with Gasteiger partial charge in [0.25, 0.3) is 0 Å². The van der Waals surface area contributed by atoms with Crippen LogP contribution in [0.1, 0.15) is 12.8 Å². The third-order valence-corrected chi connectivity index (χ3v) is 4.41. The largest absolute Gasteiger partial charge is 0.313 e. The van der Waals surface area contributed by atoms with Crippen molar-refractivity contribution >= 4 is 21.6 Å². The van der Waals surface area contributed by atoms with Gasteiger partial charge in [0, 0.05) is 23.8 Å². The van der Waals surface area contributed by atoms with Crippen molar-refractivity contribution in [2.24, 2.45) is 0 Å². The topological polar surface area (TPSA) is 46.2 Å². The zero-order chi connectivity index (χ0) is 9.73. The number of hydrogen-bond donors (Lipinski definition) is 1. The van der Waals surface area contributed by atoms with E-state index >= 15 is 0 Å². The first-order valence-electron chi connectivity index (χ1n) is 4.57. The number of sulfone groups is 1. The molecule has 78 valence electrons. The van der Waals surface area contributed by atoms with E-state index in [4.69, 9.17) is 0 Å². The van der Waals surface area contributed by atoms with Gasteiger partial charge in [-0.25, -0.2) is 8.42 Å². The Bertz CT molecular complexity index is 233. The van der Waals surface area contributed by atoms with Gasteiger partial charge in [-0.2, -0.15) is 11.8 Å². The first-order valence-corrected chi connectivity index (χ1v) is 7.78. The second kappa shape index (κ2) is 5.22. The van der Waals surface area contributed by atoms with Gasteiger partial charge in [-0.15, -0.1) is 0 Å². The fourth-order valence-corrected chi connectivity index (χ4v) is 3.75. The van der Waals surface area contributed by atoms with E-state index in [1.54, 1.807) is 11.8 Å². The van der Waals surface area contributed by atoms with Crippen molar-refractivity contribution in [1.82, 2.24) is 5.32 Å². The summed E-state index contributed by atoms with van der Waals surface area (Å²) in [5.74, 6) is 2.09. The van der Waals surface area contributed by atoms with Crippen LogP contribution < -0.4 is 5.32 Å². The summed E-state index contributed by atoms with van der Waals surface area (Å²) in [5.41, 5.74) is 0.